The van der Waals surface area contributed by atoms with Crippen LogP contribution in [0.2, 0.25) is 0 Å². The molecule has 1 aliphatic heterocycles. The van der Waals surface area contributed by atoms with Crippen LogP contribution in [0.3, 0.4) is 0 Å². The molecule has 0 saturated carbocycles. The van der Waals surface area contributed by atoms with Gasteiger partial charge in [0.1, 0.15) is 11.3 Å². The molecule has 6 nitrogen and oxygen atoms in total. The minimum atomic E-state index is -0.666. The van der Waals surface area contributed by atoms with E-state index in [9.17, 15) is 9.59 Å². The number of nitrogens with one attached hydrogen (secondary N) is 2. The number of amides is 1. The average Bonchev–Trinajstić information content (AvgIpc) is 2.59. The van der Waals surface area contributed by atoms with Crippen molar-refractivity contribution in [2.75, 3.05) is 0 Å². The van der Waals surface area contributed by atoms with E-state index in [2.05, 4.69) is 38.3 Å². The average molecular weight is 415 g/mol. The van der Waals surface area contributed by atoms with Gasteiger partial charge in [0.15, 0.2) is 6.10 Å². The van der Waals surface area contributed by atoms with Gasteiger partial charge < -0.3 is 19.8 Å². The van der Waals surface area contributed by atoms with Crippen LogP contribution < -0.4 is 21.0 Å². The van der Waals surface area contributed by atoms with Crippen molar-refractivity contribution in [3.05, 3.63) is 39.2 Å². The second-order valence-corrected chi connectivity index (χ2v) is 9.97. The van der Waals surface area contributed by atoms with Gasteiger partial charge in [-0.25, -0.2) is 4.79 Å². The molecule has 0 aliphatic carbocycles. The number of hydrogen-bond acceptors (Lipinski definition) is 5. The Morgan fingerprint density at radius 3 is 2.30 bits per heavy atom. The standard InChI is InChI=1S/C24H34N2O4/c1-13-14(2)22(28)30-20-15(3)19(10-9-18(13)20)29-16(4)21(27)25-17-11-23(5,6)26-24(7,8)12-17/h9-10,16-17,26H,11-12H2,1-8H3,(H,25,27). The maximum atomic E-state index is 12.8. The van der Waals surface area contributed by atoms with Crippen LogP contribution in [0.5, 0.6) is 5.75 Å². The van der Waals surface area contributed by atoms with Crippen LogP contribution in [0.1, 0.15) is 64.2 Å². The van der Waals surface area contributed by atoms with Crippen LogP contribution in [0.15, 0.2) is 21.3 Å². The SMILES string of the molecule is Cc1c(C)c2ccc(OC(C)C(=O)NC3CC(C)(C)NC(C)(C)C3)c(C)c2oc1=O. The number of ether oxygens (including phenoxy) is 1. The predicted molar refractivity (Wildman–Crippen MR) is 119 cm³/mol. The van der Waals surface area contributed by atoms with Crippen molar-refractivity contribution in [1.29, 1.82) is 0 Å². The Bertz CT molecular complexity index is 1020. The Labute approximate surface area is 178 Å². The maximum Gasteiger partial charge on any atom is 0.339 e. The summed E-state index contributed by atoms with van der Waals surface area (Å²) in [5, 5.41) is 7.66. The molecule has 1 fully saturated rings. The molecule has 1 unspecified atom stereocenters. The smallest absolute Gasteiger partial charge is 0.339 e. The Hall–Kier alpha value is -2.34. The van der Waals surface area contributed by atoms with Crippen LogP contribution in [0, 0.1) is 20.8 Å². The number of carbonyl (C=O) groups is 1. The molecule has 2 aromatic rings. The van der Waals surface area contributed by atoms with Crippen molar-refractivity contribution in [3.63, 3.8) is 0 Å². The van der Waals surface area contributed by atoms with E-state index in [1.165, 1.54) is 0 Å². The minimum absolute atomic E-state index is 0.0493. The maximum absolute atomic E-state index is 12.8. The molecule has 1 aromatic carbocycles. The third-order valence-electron chi connectivity index (χ3n) is 6.03. The van der Waals surface area contributed by atoms with Crippen molar-refractivity contribution in [2.24, 2.45) is 0 Å². The zero-order chi connectivity index (χ0) is 22.4. The quantitative estimate of drug-likeness (QED) is 0.742. The first-order chi connectivity index (χ1) is 13.8. The highest BCUT2D eigenvalue weighted by Crippen LogP contribution is 2.31. The van der Waals surface area contributed by atoms with Gasteiger partial charge >= 0.3 is 5.63 Å². The van der Waals surface area contributed by atoms with E-state index in [1.54, 1.807) is 13.8 Å². The molecule has 2 N–H and O–H groups in total. The van der Waals surface area contributed by atoms with Gasteiger partial charge in [0, 0.05) is 33.6 Å². The number of benzene rings is 1. The lowest BCUT2D eigenvalue weighted by Crippen LogP contribution is -2.62. The van der Waals surface area contributed by atoms with Crippen molar-refractivity contribution in [2.45, 2.75) is 91.5 Å². The van der Waals surface area contributed by atoms with E-state index in [0.29, 0.717) is 16.9 Å². The molecule has 0 bridgehead atoms. The number of carbonyl (C=O) groups excluding carboxylic acids is 1. The fourth-order valence-electron chi connectivity index (χ4n) is 4.74. The van der Waals surface area contributed by atoms with Gasteiger partial charge in [-0.2, -0.15) is 0 Å². The fraction of sp³-hybridized carbons (Fsp3) is 0.583. The summed E-state index contributed by atoms with van der Waals surface area (Å²) in [6.45, 7) is 15.9. The first kappa shape index (κ1) is 22.3. The van der Waals surface area contributed by atoms with Crippen molar-refractivity contribution in [3.8, 4) is 5.75 Å². The van der Waals surface area contributed by atoms with Gasteiger partial charge in [-0.05, 0) is 85.9 Å². The summed E-state index contributed by atoms with van der Waals surface area (Å²) in [5.74, 6) is 0.400. The first-order valence-electron chi connectivity index (χ1n) is 10.6. The molecule has 2 heterocycles. The topological polar surface area (TPSA) is 80.6 Å². The van der Waals surface area contributed by atoms with Gasteiger partial charge in [-0.3, -0.25) is 4.79 Å². The first-order valence-corrected chi connectivity index (χ1v) is 10.6. The lowest BCUT2D eigenvalue weighted by atomic mass is 9.79. The zero-order valence-electron chi connectivity index (χ0n) is 19.4. The number of fused-ring (bicyclic) bond motifs is 1. The van der Waals surface area contributed by atoms with Crippen LogP contribution in [0.25, 0.3) is 11.0 Å². The van der Waals surface area contributed by atoms with E-state index in [-0.39, 0.29) is 28.7 Å². The third-order valence-corrected chi connectivity index (χ3v) is 6.03. The van der Waals surface area contributed by atoms with Gasteiger partial charge in [-0.15, -0.1) is 0 Å². The Balaban J connectivity index is 1.77. The molecule has 1 atom stereocenters. The monoisotopic (exact) mass is 414 g/mol. The summed E-state index contributed by atoms with van der Waals surface area (Å²) in [4.78, 5) is 24.9. The molecule has 1 amide bonds. The van der Waals surface area contributed by atoms with E-state index < -0.39 is 6.10 Å². The van der Waals surface area contributed by atoms with Gasteiger partial charge in [0.2, 0.25) is 0 Å². The van der Waals surface area contributed by atoms with E-state index in [1.807, 2.05) is 26.0 Å². The fourth-order valence-corrected chi connectivity index (χ4v) is 4.74. The second-order valence-electron chi connectivity index (χ2n) is 9.97. The van der Waals surface area contributed by atoms with Crippen LogP contribution in [-0.4, -0.2) is 29.1 Å². The highest BCUT2D eigenvalue weighted by atomic mass is 16.5. The summed E-state index contributed by atoms with van der Waals surface area (Å²) >= 11 is 0. The minimum Gasteiger partial charge on any atom is -0.480 e. The summed E-state index contributed by atoms with van der Waals surface area (Å²) in [6, 6.07) is 3.80. The molecule has 0 radical (unpaired) electrons. The molecule has 3 rings (SSSR count). The van der Waals surface area contributed by atoms with Crippen LogP contribution in [0.4, 0.5) is 0 Å². The van der Waals surface area contributed by atoms with Gasteiger partial charge in [-0.1, -0.05) is 0 Å². The van der Waals surface area contributed by atoms with Crippen molar-refractivity contribution in [1.82, 2.24) is 10.6 Å². The summed E-state index contributed by atoms with van der Waals surface area (Å²) in [7, 11) is 0. The summed E-state index contributed by atoms with van der Waals surface area (Å²) in [6.07, 6.45) is 1.04. The van der Waals surface area contributed by atoms with Gasteiger partial charge in [0.25, 0.3) is 5.91 Å². The van der Waals surface area contributed by atoms with Crippen LogP contribution in [-0.2, 0) is 4.79 Å². The number of rotatable bonds is 4. The molecule has 164 valence electrons. The largest absolute Gasteiger partial charge is 0.480 e. The van der Waals surface area contributed by atoms with Gasteiger partial charge in [0.05, 0.1) is 0 Å². The number of aryl methyl sites for hydroxylation is 2. The number of piperidine rings is 1. The Morgan fingerprint density at radius 1 is 1.10 bits per heavy atom. The van der Waals surface area contributed by atoms with E-state index in [0.717, 1.165) is 29.4 Å². The van der Waals surface area contributed by atoms with E-state index >= 15 is 0 Å². The molecule has 1 aromatic heterocycles. The second kappa shape index (κ2) is 7.73. The Kier molecular flexibility index (Phi) is 5.76. The third kappa shape index (κ3) is 4.53. The van der Waals surface area contributed by atoms with Crippen molar-refractivity contribution < 1.29 is 13.9 Å². The molecule has 1 saturated heterocycles. The normalized spacial score (nSPS) is 19.5. The predicted octanol–water partition coefficient (Wildman–Crippen LogP) is 3.91. The molecule has 6 heteroatoms. The molecular weight excluding hydrogens is 380 g/mol. The highest BCUT2D eigenvalue weighted by molar-refractivity contribution is 5.86. The molecular formula is C24H34N2O4. The van der Waals surface area contributed by atoms with Crippen LogP contribution >= 0.6 is 0 Å². The van der Waals surface area contributed by atoms with Crippen molar-refractivity contribution >= 4 is 16.9 Å². The zero-order valence-corrected chi connectivity index (χ0v) is 19.4. The lowest BCUT2D eigenvalue weighted by Gasteiger charge is -2.46. The molecule has 1 aliphatic rings. The van der Waals surface area contributed by atoms with E-state index in [4.69, 9.17) is 9.15 Å². The number of hydrogen-bond donors (Lipinski definition) is 2. The summed E-state index contributed by atoms with van der Waals surface area (Å²) in [5.41, 5.74) is 2.29. The summed E-state index contributed by atoms with van der Waals surface area (Å²) < 4.78 is 11.5. The molecule has 30 heavy (non-hydrogen) atoms. The Morgan fingerprint density at radius 2 is 1.70 bits per heavy atom. The lowest BCUT2D eigenvalue weighted by molar-refractivity contribution is -0.128. The highest BCUT2D eigenvalue weighted by Gasteiger charge is 2.38. The molecule has 0 spiro atoms.